The minimum atomic E-state index is -0.501. The fourth-order valence-electron chi connectivity index (χ4n) is 2.36. The Balaban J connectivity index is 2.17. The summed E-state index contributed by atoms with van der Waals surface area (Å²) >= 11 is 0. The van der Waals surface area contributed by atoms with Crippen molar-refractivity contribution in [2.24, 2.45) is 5.92 Å². The van der Waals surface area contributed by atoms with E-state index in [1.807, 2.05) is 6.92 Å². The molecule has 0 radical (unpaired) electrons. The summed E-state index contributed by atoms with van der Waals surface area (Å²) in [5, 5.41) is 10.8. The quantitative estimate of drug-likeness (QED) is 0.512. The van der Waals surface area contributed by atoms with E-state index in [0.29, 0.717) is 13.1 Å². The predicted molar refractivity (Wildman–Crippen MR) is 71.3 cm³/mol. The molecule has 1 unspecified atom stereocenters. The van der Waals surface area contributed by atoms with Crippen molar-refractivity contribution >= 4 is 17.3 Å². The van der Waals surface area contributed by atoms with Crippen molar-refractivity contribution in [1.29, 1.82) is 0 Å². The van der Waals surface area contributed by atoms with Gasteiger partial charge in [-0.3, -0.25) is 14.9 Å². The molecule has 6 nitrogen and oxygen atoms in total. The lowest BCUT2D eigenvalue weighted by atomic mass is 9.98. The first-order valence-corrected chi connectivity index (χ1v) is 6.30. The van der Waals surface area contributed by atoms with Crippen molar-refractivity contribution in [3.63, 3.8) is 0 Å². The molecule has 2 N–H and O–H groups in total. The molecule has 102 valence electrons. The number of likely N-dealkylation sites (tertiary alicyclic amines) is 1. The molecule has 1 fully saturated rings. The highest BCUT2D eigenvalue weighted by Gasteiger charge is 2.25. The van der Waals surface area contributed by atoms with Gasteiger partial charge >= 0.3 is 0 Å². The third-order valence-corrected chi connectivity index (χ3v) is 3.46. The van der Waals surface area contributed by atoms with E-state index in [1.54, 1.807) is 11.0 Å². The number of rotatable bonds is 3. The Hall–Kier alpha value is -2.11. The summed E-state index contributed by atoms with van der Waals surface area (Å²) in [7, 11) is 0. The zero-order valence-corrected chi connectivity index (χ0v) is 10.8. The second-order valence-electron chi connectivity index (χ2n) is 4.95. The predicted octanol–water partition coefficient (Wildman–Crippen LogP) is 1.94. The van der Waals surface area contributed by atoms with Gasteiger partial charge in [0.15, 0.2) is 0 Å². The third-order valence-electron chi connectivity index (χ3n) is 3.46. The number of carbonyl (C=O) groups excluding carboxylic acids is 1. The number of amides is 1. The van der Waals surface area contributed by atoms with Crippen LogP contribution in [0.2, 0.25) is 0 Å². The average molecular weight is 263 g/mol. The number of benzene rings is 1. The molecule has 0 spiro atoms. The molecule has 1 aliphatic heterocycles. The van der Waals surface area contributed by atoms with Gasteiger partial charge in [0.2, 0.25) is 5.91 Å². The van der Waals surface area contributed by atoms with Crippen LogP contribution in [0.1, 0.15) is 25.3 Å². The topological polar surface area (TPSA) is 89.5 Å². The summed E-state index contributed by atoms with van der Waals surface area (Å²) in [5.41, 5.74) is 6.33. The lowest BCUT2D eigenvalue weighted by molar-refractivity contribution is -0.384. The maximum atomic E-state index is 12.0. The first kappa shape index (κ1) is 13.3. The monoisotopic (exact) mass is 263 g/mol. The van der Waals surface area contributed by atoms with Crippen LogP contribution in [0.3, 0.4) is 0 Å². The smallest absolute Gasteiger partial charge is 0.292 e. The van der Waals surface area contributed by atoms with Crippen LogP contribution in [0, 0.1) is 16.0 Å². The van der Waals surface area contributed by atoms with Crippen LogP contribution in [-0.2, 0) is 11.3 Å². The first-order chi connectivity index (χ1) is 8.99. The van der Waals surface area contributed by atoms with E-state index < -0.39 is 4.92 Å². The number of nitrogens with zero attached hydrogens (tertiary/aromatic N) is 2. The summed E-state index contributed by atoms with van der Waals surface area (Å²) in [5.74, 6) is 0.156. The number of hydrogen-bond acceptors (Lipinski definition) is 4. The van der Waals surface area contributed by atoms with Crippen molar-refractivity contribution in [2.75, 3.05) is 12.3 Å². The van der Waals surface area contributed by atoms with E-state index in [9.17, 15) is 14.9 Å². The van der Waals surface area contributed by atoms with Gasteiger partial charge in [-0.2, -0.15) is 0 Å². The number of nitrogens with two attached hydrogens (primary N) is 1. The number of nitrogen functional groups attached to an aromatic ring is 1. The molecule has 1 saturated heterocycles. The van der Waals surface area contributed by atoms with Crippen LogP contribution in [-0.4, -0.2) is 22.3 Å². The Labute approximate surface area is 111 Å². The highest BCUT2D eigenvalue weighted by molar-refractivity contribution is 5.79. The summed E-state index contributed by atoms with van der Waals surface area (Å²) in [4.78, 5) is 24.1. The highest BCUT2D eigenvalue weighted by atomic mass is 16.6. The molecule has 2 rings (SSSR count). The molecule has 1 atom stereocenters. The second-order valence-corrected chi connectivity index (χ2v) is 4.95. The molecule has 0 bridgehead atoms. The van der Waals surface area contributed by atoms with Crippen molar-refractivity contribution in [2.45, 2.75) is 26.3 Å². The average Bonchev–Trinajstić information content (AvgIpc) is 2.37. The van der Waals surface area contributed by atoms with Gasteiger partial charge in [0.1, 0.15) is 5.69 Å². The van der Waals surface area contributed by atoms with Gasteiger partial charge in [0, 0.05) is 25.1 Å². The number of nitro benzene ring substituents is 1. The highest BCUT2D eigenvalue weighted by Crippen LogP contribution is 2.25. The van der Waals surface area contributed by atoms with Crippen molar-refractivity contribution in [3.05, 3.63) is 33.9 Å². The fourth-order valence-corrected chi connectivity index (χ4v) is 2.36. The third kappa shape index (κ3) is 2.83. The minimum absolute atomic E-state index is 0.0394. The molecular formula is C13H17N3O3. The Bertz CT molecular complexity index is 516. The molecule has 0 aliphatic carbocycles. The summed E-state index contributed by atoms with van der Waals surface area (Å²) in [6.45, 7) is 3.03. The standard InChI is InChI=1S/C13H17N3O3/c1-9-3-2-6-15(13(9)17)8-10-4-5-11(14)12(7-10)16(18)19/h4-5,7,9H,2-3,6,8,14H2,1H3. The molecule has 19 heavy (non-hydrogen) atoms. The lowest BCUT2D eigenvalue weighted by Gasteiger charge is -2.30. The maximum Gasteiger partial charge on any atom is 0.292 e. The van der Waals surface area contributed by atoms with Crippen LogP contribution in [0.4, 0.5) is 11.4 Å². The second kappa shape index (κ2) is 5.26. The maximum absolute atomic E-state index is 12.0. The molecule has 6 heteroatoms. The van der Waals surface area contributed by atoms with Gasteiger partial charge in [-0.15, -0.1) is 0 Å². The van der Waals surface area contributed by atoms with Crippen LogP contribution in [0.25, 0.3) is 0 Å². The molecule has 0 aromatic heterocycles. The van der Waals surface area contributed by atoms with E-state index in [-0.39, 0.29) is 23.2 Å². The number of piperidine rings is 1. The molecule has 1 amide bonds. The Morgan fingerprint density at radius 3 is 2.95 bits per heavy atom. The van der Waals surface area contributed by atoms with Gasteiger partial charge in [-0.25, -0.2) is 0 Å². The largest absolute Gasteiger partial charge is 0.393 e. The fraction of sp³-hybridized carbons (Fsp3) is 0.462. The minimum Gasteiger partial charge on any atom is -0.393 e. The van der Waals surface area contributed by atoms with Gasteiger partial charge < -0.3 is 10.6 Å². The van der Waals surface area contributed by atoms with Gasteiger partial charge in [0.25, 0.3) is 5.69 Å². The number of nitro groups is 1. The van der Waals surface area contributed by atoms with E-state index >= 15 is 0 Å². The Morgan fingerprint density at radius 1 is 1.53 bits per heavy atom. The molecule has 1 aliphatic rings. The Morgan fingerprint density at radius 2 is 2.26 bits per heavy atom. The number of hydrogen-bond donors (Lipinski definition) is 1. The molecular weight excluding hydrogens is 246 g/mol. The van der Waals surface area contributed by atoms with Crippen LogP contribution < -0.4 is 5.73 Å². The van der Waals surface area contributed by atoms with Crippen LogP contribution in [0.5, 0.6) is 0 Å². The van der Waals surface area contributed by atoms with E-state index in [0.717, 1.165) is 18.4 Å². The van der Waals surface area contributed by atoms with Gasteiger partial charge in [0.05, 0.1) is 4.92 Å². The summed E-state index contributed by atoms with van der Waals surface area (Å²) in [6.07, 6.45) is 1.89. The molecule has 1 heterocycles. The normalized spacial score (nSPS) is 19.5. The van der Waals surface area contributed by atoms with Crippen molar-refractivity contribution in [3.8, 4) is 0 Å². The molecule has 0 saturated carbocycles. The number of carbonyl (C=O) groups is 1. The van der Waals surface area contributed by atoms with Crippen LogP contribution in [0.15, 0.2) is 18.2 Å². The Kier molecular flexibility index (Phi) is 3.69. The lowest BCUT2D eigenvalue weighted by Crippen LogP contribution is -2.39. The van der Waals surface area contributed by atoms with Gasteiger partial charge in [-0.05, 0) is 24.5 Å². The zero-order valence-electron chi connectivity index (χ0n) is 10.8. The van der Waals surface area contributed by atoms with E-state index in [1.165, 1.54) is 12.1 Å². The van der Waals surface area contributed by atoms with E-state index in [4.69, 9.17) is 5.73 Å². The SMILES string of the molecule is CC1CCCN(Cc2ccc(N)c([N+](=O)[O-])c2)C1=O. The van der Waals surface area contributed by atoms with Crippen molar-refractivity contribution < 1.29 is 9.72 Å². The van der Waals surface area contributed by atoms with Crippen molar-refractivity contribution in [1.82, 2.24) is 4.90 Å². The summed E-state index contributed by atoms with van der Waals surface area (Å²) < 4.78 is 0. The van der Waals surface area contributed by atoms with Crippen LogP contribution >= 0.6 is 0 Å². The summed E-state index contributed by atoms with van der Waals surface area (Å²) in [6, 6.07) is 4.70. The number of anilines is 1. The molecule has 1 aromatic carbocycles. The first-order valence-electron chi connectivity index (χ1n) is 6.30. The van der Waals surface area contributed by atoms with E-state index in [2.05, 4.69) is 0 Å². The van der Waals surface area contributed by atoms with Gasteiger partial charge in [-0.1, -0.05) is 13.0 Å². The molecule has 1 aromatic rings. The zero-order chi connectivity index (χ0) is 14.0.